The molecule has 37 heavy (non-hydrogen) atoms. The summed E-state index contributed by atoms with van der Waals surface area (Å²) in [6.07, 6.45) is -1.38. The second kappa shape index (κ2) is 8.94. The summed E-state index contributed by atoms with van der Waals surface area (Å²) in [4.78, 5) is 16.9. The molecule has 0 spiro atoms. The number of nitrogens with zero attached hydrogens (tertiary/aromatic N) is 3. The first-order valence-corrected chi connectivity index (χ1v) is 10.9. The summed E-state index contributed by atoms with van der Waals surface area (Å²) >= 11 is 0. The molecule has 5 N–H and O–H groups in total. The van der Waals surface area contributed by atoms with E-state index in [4.69, 9.17) is 11.5 Å². The maximum atomic E-state index is 14.5. The highest BCUT2D eigenvalue weighted by Gasteiger charge is 2.32. The van der Waals surface area contributed by atoms with Crippen molar-refractivity contribution in [3.63, 3.8) is 0 Å². The Labute approximate surface area is 207 Å². The van der Waals surface area contributed by atoms with Gasteiger partial charge in [0.25, 0.3) is 0 Å². The van der Waals surface area contributed by atoms with Gasteiger partial charge in [0.05, 0.1) is 27.8 Å². The van der Waals surface area contributed by atoms with Crippen LogP contribution in [0.25, 0.3) is 33.2 Å². The van der Waals surface area contributed by atoms with Gasteiger partial charge in [-0.3, -0.25) is 15.0 Å². The summed E-state index contributed by atoms with van der Waals surface area (Å²) < 4.78 is 54.1. The lowest BCUT2D eigenvalue weighted by Gasteiger charge is -2.22. The van der Waals surface area contributed by atoms with Gasteiger partial charge in [0, 0.05) is 18.0 Å². The Balaban J connectivity index is 1.57. The van der Waals surface area contributed by atoms with Gasteiger partial charge < -0.3 is 11.5 Å². The third-order valence-corrected chi connectivity index (χ3v) is 5.91. The number of H-pyrrole nitrogens is 1. The number of urea groups is 1. The standard InChI is InChI=1S/C26H18F4N6O/c27-20-8-3-16(26(28,29)30)13-21(20)36(25(32)37)17-4-1-14(2-5-17)18-6-7-19(15-9-11-33-12-10-15)23-22(18)24(31)35-34-23/h1-13H,(H2,32,37)(H3,31,34,35). The smallest absolute Gasteiger partial charge is 0.382 e. The minimum Gasteiger partial charge on any atom is -0.382 e. The van der Waals surface area contributed by atoms with E-state index in [2.05, 4.69) is 15.2 Å². The number of pyridine rings is 1. The molecule has 186 valence electrons. The number of hydrogen-bond donors (Lipinski definition) is 3. The normalized spacial score (nSPS) is 11.6. The zero-order chi connectivity index (χ0) is 26.3. The molecule has 7 nitrogen and oxygen atoms in total. The third-order valence-electron chi connectivity index (χ3n) is 5.91. The number of rotatable bonds is 4. The molecule has 0 radical (unpaired) electrons. The van der Waals surface area contributed by atoms with Crippen LogP contribution in [0.5, 0.6) is 0 Å². The Kier molecular flexibility index (Phi) is 5.75. The molecule has 0 aliphatic carbocycles. The Bertz CT molecular complexity index is 1610. The summed E-state index contributed by atoms with van der Waals surface area (Å²) in [6, 6.07) is 14.3. The van der Waals surface area contributed by atoms with Gasteiger partial charge in [0.2, 0.25) is 0 Å². The Morgan fingerprint density at radius 1 is 0.892 bits per heavy atom. The molecule has 0 saturated heterocycles. The lowest BCUT2D eigenvalue weighted by Crippen LogP contribution is -2.32. The molecule has 2 heterocycles. The number of carbonyl (C=O) groups is 1. The van der Waals surface area contributed by atoms with Crippen molar-refractivity contribution >= 4 is 34.1 Å². The van der Waals surface area contributed by atoms with Crippen LogP contribution >= 0.6 is 0 Å². The number of primary amides is 1. The number of nitrogen functional groups attached to an aromatic ring is 1. The Hall–Kier alpha value is -4.93. The van der Waals surface area contributed by atoms with Gasteiger partial charge in [-0.05, 0) is 59.2 Å². The highest BCUT2D eigenvalue weighted by Crippen LogP contribution is 2.39. The summed E-state index contributed by atoms with van der Waals surface area (Å²) in [5.41, 5.74) is 13.8. The molecule has 0 bridgehead atoms. The first kappa shape index (κ1) is 23.8. The number of aromatic amines is 1. The van der Waals surface area contributed by atoms with Gasteiger partial charge in [-0.15, -0.1) is 0 Å². The molecule has 0 saturated carbocycles. The topological polar surface area (TPSA) is 114 Å². The average Bonchev–Trinajstić information content (AvgIpc) is 3.26. The SMILES string of the molecule is NC(=O)N(c1ccc(-c2ccc(-c3ccncc3)c3[nH]nc(N)c23)cc1)c1cc(C(F)(F)F)ccc1F. The van der Waals surface area contributed by atoms with Crippen molar-refractivity contribution in [2.75, 3.05) is 10.6 Å². The van der Waals surface area contributed by atoms with Gasteiger partial charge in [-0.1, -0.05) is 24.3 Å². The number of carbonyl (C=O) groups excluding carboxylic acids is 1. The van der Waals surface area contributed by atoms with Gasteiger partial charge in [0.1, 0.15) is 5.82 Å². The molecule has 3 aromatic carbocycles. The van der Waals surface area contributed by atoms with Gasteiger partial charge >= 0.3 is 12.2 Å². The summed E-state index contributed by atoms with van der Waals surface area (Å²) in [5.74, 6) is -0.759. The molecule has 0 fully saturated rings. The van der Waals surface area contributed by atoms with E-state index in [-0.39, 0.29) is 11.5 Å². The molecule has 0 unspecified atom stereocenters. The zero-order valence-corrected chi connectivity index (χ0v) is 18.9. The fourth-order valence-electron chi connectivity index (χ4n) is 4.20. The Morgan fingerprint density at radius 2 is 1.54 bits per heavy atom. The van der Waals surface area contributed by atoms with Crippen LogP contribution in [0.2, 0.25) is 0 Å². The summed E-state index contributed by atoms with van der Waals surface area (Å²) in [6.45, 7) is 0. The van der Waals surface area contributed by atoms with Crippen molar-refractivity contribution in [3.05, 3.63) is 90.5 Å². The van der Waals surface area contributed by atoms with Crippen LogP contribution < -0.4 is 16.4 Å². The predicted octanol–water partition coefficient (Wildman–Crippen LogP) is 6.25. The first-order valence-electron chi connectivity index (χ1n) is 10.9. The number of nitrogens with two attached hydrogens (primary N) is 2. The van der Waals surface area contributed by atoms with Crippen LogP contribution in [0.15, 0.2) is 79.1 Å². The fourth-order valence-corrected chi connectivity index (χ4v) is 4.20. The molecule has 5 aromatic rings. The van der Waals surface area contributed by atoms with Crippen molar-refractivity contribution in [3.8, 4) is 22.3 Å². The van der Waals surface area contributed by atoms with Crippen LogP contribution in [0.4, 0.5) is 39.5 Å². The molecule has 2 aromatic heterocycles. The van der Waals surface area contributed by atoms with E-state index < -0.39 is 29.3 Å². The van der Waals surface area contributed by atoms with E-state index >= 15 is 0 Å². The van der Waals surface area contributed by atoms with Crippen molar-refractivity contribution in [1.29, 1.82) is 0 Å². The maximum absolute atomic E-state index is 14.5. The number of hydrogen-bond acceptors (Lipinski definition) is 4. The quantitative estimate of drug-likeness (QED) is 0.250. The zero-order valence-electron chi connectivity index (χ0n) is 18.9. The van der Waals surface area contributed by atoms with E-state index in [9.17, 15) is 22.4 Å². The lowest BCUT2D eigenvalue weighted by molar-refractivity contribution is -0.137. The van der Waals surface area contributed by atoms with Crippen LogP contribution in [-0.4, -0.2) is 21.2 Å². The van der Waals surface area contributed by atoms with Crippen molar-refractivity contribution in [1.82, 2.24) is 15.2 Å². The number of anilines is 3. The van der Waals surface area contributed by atoms with Crippen LogP contribution in [0, 0.1) is 5.82 Å². The fraction of sp³-hybridized carbons (Fsp3) is 0.0385. The molecule has 0 aliphatic heterocycles. The van der Waals surface area contributed by atoms with Crippen molar-refractivity contribution in [2.45, 2.75) is 6.18 Å². The highest BCUT2D eigenvalue weighted by molar-refractivity contribution is 6.08. The van der Waals surface area contributed by atoms with E-state index in [0.717, 1.165) is 16.7 Å². The number of alkyl halides is 3. The first-order chi connectivity index (χ1) is 17.6. The van der Waals surface area contributed by atoms with Crippen molar-refractivity contribution in [2.24, 2.45) is 5.73 Å². The lowest BCUT2D eigenvalue weighted by atomic mass is 9.96. The second-order valence-electron chi connectivity index (χ2n) is 8.14. The molecule has 0 aliphatic rings. The molecule has 11 heteroatoms. The Morgan fingerprint density at radius 3 is 2.19 bits per heavy atom. The van der Waals surface area contributed by atoms with Crippen LogP contribution in [0.3, 0.4) is 0 Å². The monoisotopic (exact) mass is 506 g/mol. The second-order valence-corrected chi connectivity index (χ2v) is 8.14. The summed E-state index contributed by atoms with van der Waals surface area (Å²) in [5, 5.41) is 7.77. The largest absolute Gasteiger partial charge is 0.416 e. The number of aromatic nitrogens is 3. The highest BCUT2D eigenvalue weighted by atomic mass is 19.4. The molecule has 5 rings (SSSR count). The molecular weight excluding hydrogens is 488 g/mol. The maximum Gasteiger partial charge on any atom is 0.416 e. The van der Waals surface area contributed by atoms with Crippen molar-refractivity contribution < 1.29 is 22.4 Å². The van der Waals surface area contributed by atoms with E-state index in [1.165, 1.54) is 12.1 Å². The number of benzene rings is 3. The van der Waals surface area contributed by atoms with Crippen LogP contribution in [-0.2, 0) is 6.18 Å². The van der Waals surface area contributed by atoms with Gasteiger partial charge in [0.15, 0.2) is 5.82 Å². The summed E-state index contributed by atoms with van der Waals surface area (Å²) in [7, 11) is 0. The number of halogens is 4. The van der Waals surface area contributed by atoms with Gasteiger partial charge in [-0.25, -0.2) is 9.18 Å². The minimum absolute atomic E-state index is 0.0827. The molecule has 0 atom stereocenters. The van der Waals surface area contributed by atoms with E-state index in [0.29, 0.717) is 39.6 Å². The van der Waals surface area contributed by atoms with E-state index in [1.807, 2.05) is 24.3 Å². The van der Waals surface area contributed by atoms with E-state index in [1.54, 1.807) is 24.5 Å². The molecular formula is C26H18F4N6O. The number of fused-ring (bicyclic) bond motifs is 1. The van der Waals surface area contributed by atoms with Gasteiger partial charge in [-0.2, -0.15) is 18.3 Å². The number of amides is 2. The molecule has 2 amide bonds. The number of nitrogens with one attached hydrogen (secondary N) is 1. The third kappa shape index (κ3) is 4.31. The predicted molar refractivity (Wildman–Crippen MR) is 132 cm³/mol. The minimum atomic E-state index is -4.73. The average molecular weight is 506 g/mol. The van der Waals surface area contributed by atoms with Crippen LogP contribution in [0.1, 0.15) is 5.56 Å².